The monoisotopic (exact) mass is 747 g/mol. The number of nitrogens with one attached hydrogen (secondary N) is 2. The molecule has 0 atom stereocenters. The number of carbonyl (C=O) groups is 3. The number of hydrogen-bond acceptors (Lipinski definition) is 6. The fraction of sp³-hybridized carbons (Fsp3) is 0.333. The lowest BCUT2D eigenvalue weighted by atomic mass is 9.89. The molecule has 2 amide bonds. The van der Waals surface area contributed by atoms with E-state index < -0.39 is 40.8 Å². The highest BCUT2D eigenvalue weighted by Gasteiger charge is 2.39. The number of aryl methyl sites for hydroxylation is 1. The van der Waals surface area contributed by atoms with Gasteiger partial charge in [-0.15, -0.1) is 0 Å². The number of rotatable bonds is 7. The van der Waals surface area contributed by atoms with Crippen molar-refractivity contribution in [2.75, 3.05) is 43.4 Å². The van der Waals surface area contributed by atoms with E-state index in [1.807, 2.05) is 6.92 Å². The summed E-state index contributed by atoms with van der Waals surface area (Å²) in [5.74, 6) is -3.87. The molecule has 3 aromatic heterocycles. The molecule has 0 spiro atoms. The van der Waals surface area contributed by atoms with Crippen LogP contribution in [0.25, 0.3) is 27.7 Å². The first-order valence-corrected chi connectivity index (χ1v) is 17.5. The van der Waals surface area contributed by atoms with Crippen LogP contribution in [-0.4, -0.2) is 75.2 Å². The van der Waals surface area contributed by atoms with Gasteiger partial charge in [0.15, 0.2) is 0 Å². The van der Waals surface area contributed by atoms with Gasteiger partial charge in [0.05, 0.1) is 34.3 Å². The van der Waals surface area contributed by atoms with Crippen molar-refractivity contribution < 1.29 is 36.3 Å². The Morgan fingerprint density at radius 1 is 1.02 bits per heavy atom. The van der Waals surface area contributed by atoms with E-state index in [1.54, 1.807) is 36.0 Å². The average molecular weight is 748 g/mol. The zero-order valence-electron chi connectivity index (χ0n) is 30.1. The molecule has 7 rings (SSSR count). The van der Waals surface area contributed by atoms with Crippen molar-refractivity contribution in [3.8, 4) is 11.1 Å². The van der Waals surface area contributed by atoms with Crippen molar-refractivity contribution in [2.45, 2.75) is 44.8 Å². The maximum Gasteiger partial charge on any atom is 0.417 e. The number of alkyl halides is 3. The minimum absolute atomic E-state index is 0.00658. The van der Waals surface area contributed by atoms with Crippen molar-refractivity contribution in [2.24, 2.45) is 7.05 Å². The molecule has 0 aliphatic carbocycles. The van der Waals surface area contributed by atoms with E-state index in [0.29, 0.717) is 60.4 Å². The number of hydrogen-bond donors (Lipinski definition) is 2. The predicted molar refractivity (Wildman–Crippen MR) is 195 cm³/mol. The van der Waals surface area contributed by atoms with Crippen LogP contribution in [0, 0.1) is 11.6 Å². The van der Waals surface area contributed by atoms with Crippen LogP contribution in [0.1, 0.15) is 53.9 Å². The SMILES string of the molecule is CC(=O)N1CCC(C)(NC/C=C/C(=O)Nc2c(F)cc(C(=O)c3cc4c5c(cccn35)-c3c(C(F)(F)F)cc5c(ncn5C)c3N(C)CC4)cc2F)CC1. The Morgan fingerprint density at radius 3 is 2.39 bits per heavy atom. The van der Waals surface area contributed by atoms with Crippen LogP contribution in [0.3, 0.4) is 0 Å². The fourth-order valence-corrected chi connectivity index (χ4v) is 7.52. The molecule has 5 aromatic rings. The normalized spacial score (nSPS) is 15.8. The summed E-state index contributed by atoms with van der Waals surface area (Å²) >= 11 is 0. The van der Waals surface area contributed by atoms with E-state index in [0.717, 1.165) is 37.1 Å². The zero-order chi connectivity index (χ0) is 38.7. The summed E-state index contributed by atoms with van der Waals surface area (Å²) in [7, 11) is 3.32. The first-order chi connectivity index (χ1) is 25.6. The highest BCUT2D eigenvalue weighted by molar-refractivity contribution is 6.11. The lowest BCUT2D eigenvalue weighted by Gasteiger charge is -2.39. The number of likely N-dealkylation sites (N-methyl/N-ethyl adjacent to an activating group) is 1. The maximum absolute atomic E-state index is 15.4. The van der Waals surface area contributed by atoms with E-state index in [9.17, 15) is 27.6 Å². The van der Waals surface area contributed by atoms with Crippen LogP contribution < -0.4 is 15.5 Å². The number of ketones is 1. The van der Waals surface area contributed by atoms with Gasteiger partial charge in [-0.2, -0.15) is 13.2 Å². The number of nitrogens with zero attached hydrogens (tertiary/aromatic N) is 5. The Bertz CT molecular complexity index is 2350. The van der Waals surface area contributed by atoms with Gasteiger partial charge in [-0.05, 0) is 62.1 Å². The van der Waals surface area contributed by atoms with Gasteiger partial charge in [0.25, 0.3) is 0 Å². The lowest BCUT2D eigenvalue weighted by molar-refractivity contribution is -0.137. The number of imidazole rings is 1. The maximum atomic E-state index is 15.4. The summed E-state index contributed by atoms with van der Waals surface area (Å²) in [5.41, 5.74) is -0.0247. The van der Waals surface area contributed by atoms with Gasteiger partial charge in [-0.3, -0.25) is 14.4 Å². The largest absolute Gasteiger partial charge is 0.417 e. The third-order valence-electron chi connectivity index (χ3n) is 10.5. The number of amides is 2. The number of piperidine rings is 1. The average Bonchev–Trinajstić information content (AvgIpc) is 3.68. The highest BCUT2D eigenvalue weighted by Crippen LogP contribution is 2.48. The van der Waals surface area contributed by atoms with Crippen molar-refractivity contribution in [3.63, 3.8) is 0 Å². The molecule has 1 saturated heterocycles. The lowest BCUT2D eigenvalue weighted by Crippen LogP contribution is -2.52. The van der Waals surface area contributed by atoms with Crippen molar-refractivity contribution in [1.29, 1.82) is 0 Å². The Balaban J connectivity index is 1.16. The Morgan fingerprint density at radius 2 is 1.72 bits per heavy atom. The second-order valence-electron chi connectivity index (χ2n) is 14.2. The van der Waals surface area contributed by atoms with Gasteiger partial charge in [0.2, 0.25) is 17.6 Å². The molecular weight excluding hydrogens is 709 g/mol. The fourth-order valence-electron chi connectivity index (χ4n) is 7.52. The number of fused-ring (bicyclic) bond motifs is 4. The summed E-state index contributed by atoms with van der Waals surface area (Å²) in [6.07, 6.45) is 2.76. The minimum Gasteiger partial charge on any atom is -0.372 e. The molecule has 1 fully saturated rings. The summed E-state index contributed by atoms with van der Waals surface area (Å²) < 4.78 is 78.1. The molecule has 54 heavy (non-hydrogen) atoms. The highest BCUT2D eigenvalue weighted by atomic mass is 19.4. The van der Waals surface area contributed by atoms with E-state index in [1.165, 1.54) is 40.6 Å². The molecule has 10 nitrogen and oxygen atoms in total. The van der Waals surface area contributed by atoms with Crippen LogP contribution in [0.15, 0.2) is 61.1 Å². The van der Waals surface area contributed by atoms with E-state index >= 15 is 8.78 Å². The van der Waals surface area contributed by atoms with Gasteiger partial charge in [-0.25, -0.2) is 13.8 Å². The first-order valence-electron chi connectivity index (χ1n) is 17.5. The summed E-state index contributed by atoms with van der Waals surface area (Å²) in [4.78, 5) is 46.1. The van der Waals surface area contributed by atoms with Crippen LogP contribution in [0.5, 0.6) is 0 Å². The smallest absolute Gasteiger partial charge is 0.372 e. The van der Waals surface area contributed by atoms with E-state index in [-0.39, 0.29) is 33.8 Å². The topological polar surface area (TPSA) is 104 Å². The number of anilines is 2. The second-order valence-corrected chi connectivity index (χ2v) is 14.2. The van der Waals surface area contributed by atoms with Gasteiger partial charge in [0, 0.05) is 81.7 Å². The third-order valence-corrected chi connectivity index (χ3v) is 10.5. The number of likely N-dealkylation sites (tertiary alicyclic amines) is 1. The summed E-state index contributed by atoms with van der Waals surface area (Å²) in [6, 6.07) is 7.36. The zero-order valence-corrected chi connectivity index (χ0v) is 30.1. The van der Waals surface area contributed by atoms with Gasteiger partial charge < -0.3 is 29.4 Å². The predicted octanol–water partition coefficient (Wildman–Crippen LogP) is 6.50. The molecule has 0 saturated carbocycles. The van der Waals surface area contributed by atoms with Gasteiger partial charge in [-0.1, -0.05) is 12.1 Å². The summed E-state index contributed by atoms with van der Waals surface area (Å²) in [5, 5.41) is 5.54. The van der Waals surface area contributed by atoms with Gasteiger partial charge >= 0.3 is 6.18 Å². The number of halogens is 5. The van der Waals surface area contributed by atoms with Crippen molar-refractivity contribution in [3.05, 3.63) is 95.1 Å². The second kappa shape index (κ2) is 13.7. The van der Waals surface area contributed by atoms with Crippen LogP contribution in [0.2, 0.25) is 0 Å². The number of aromatic nitrogens is 3. The van der Waals surface area contributed by atoms with E-state index in [2.05, 4.69) is 15.6 Å². The minimum atomic E-state index is -4.73. The molecule has 0 unspecified atom stereocenters. The molecule has 15 heteroatoms. The Labute approximate surface area is 307 Å². The van der Waals surface area contributed by atoms with Crippen LogP contribution >= 0.6 is 0 Å². The van der Waals surface area contributed by atoms with Crippen molar-refractivity contribution in [1.82, 2.24) is 24.2 Å². The first kappa shape index (κ1) is 36.8. The summed E-state index contributed by atoms with van der Waals surface area (Å²) in [6.45, 7) is 5.40. The number of benzene rings is 2. The number of pyridine rings is 1. The van der Waals surface area contributed by atoms with Crippen LogP contribution in [0.4, 0.5) is 33.3 Å². The quantitative estimate of drug-likeness (QED) is 0.112. The molecule has 2 aromatic carbocycles. The third kappa shape index (κ3) is 6.61. The Hall–Kier alpha value is -5.57. The standard InChI is InChI=1S/C39H38F5N7O3/c1-22(52)50-15-10-38(2,11-16-50)46-12-5-8-31(53)47-33-27(40)17-24(18-28(33)41)37(54)30-19-23-9-14-48(3)36-32(25-7-6-13-51(30)35(23)25)26(39(42,43)44)20-29-34(36)45-21-49(29)4/h5-8,13,17-21,46H,9-12,14-16H2,1-4H3,(H,47,53)/b8-5+. The molecule has 2 aliphatic heterocycles. The van der Waals surface area contributed by atoms with E-state index in [4.69, 9.17) is 0 Å². The molecule has 2 N–H and O–H groups in total. The molecule has 5 heterocycles. The molecule has 0 bridgehead atoms. The van der Waals surface area contributed by atoms with Crippen molar-refractivity contribution >= 4 is 45.5 Å². The molecule has 0 radical (unpaired) electrons. The van der Waals surface area contributed by atoms with Crippen LogP contribution in [-0.2, 0) is 29.2 Å². The molecule has 282 valence electrons. The molecular formula is C39H38F5N7O3. The number of carbonyl (C=O) groups excluding carboxylic acids is 3. The Kier molecular flexibility index (Phi) is 9.32. The van der Waals surface area contributed by atoms with Gasteiger partial charge in [0.1, 0.15) is 22.8 Å². The molecule has 2 aliphatic rings.